The van der Waals surface area contributed by atoms with Gasteiger partial charge in [-0.05, 0) is 42.0 Å². The second-order valence-corrected chi connectivity index (χ2v) is 8.03. The third-order valence-corrected chi connectivity index (χ3v) is 6.04. The fourth-order valence-electron chi connectivity index (χ4n) is 3.68. The number of nitrogens with zero attached hydrogens (tertiary/aromatic N) is 1. The predicted molar refractivity (Wildman–Crippen MR) is 103 cm³/mol. The van der Waals surface area contributed by atoms with E-state index in [2.05, 4.69) is 0 Å². The molecule has 0 unspecified atom stereocenters. The third kappa shape index (κ3) is 3.09. The quantitative estimate of drug-likeness (QED) is 0.332. The number of fused-ring (bicyclic) bond motifs is 1. The van der Waals surface area contributed by atoms with Gasteiger partial charge >= 0.3 is 5.97 Å². The first-order valence-corrected chi connectivity index (χ1v) is 9.83. The maximum absolute atomic E-state index is 13.0. The molecule has 5 nitrogen and oxygen atoms in total. The highest BCUT2D eigenvalue weighted by atomic mass is 35.5. The van der Waals surface area contributed by atoms with Crippen molar-refractivity contribution < 1.29 is 19.1 Å². The van der Waals surface area contributed by atoms with Gasteiger partial charge in [0.05, 0.1) is 17.5 Å². The van der Waals surface area contributed by atoms with E-state index in [1.165, 1.54) is 23.5 Å². The van der Waals surface area contributed by atoms with Crippen molar-refractivity contribution in [2.75, 3.05) is 4.90 Å². The van der Waals surface area contributed by atoms with Gasteiger partial charge in [0, 0.05) is 5.02 Å². The molecule has 7 heteroatoms. The molecule has 1 saturated heterocycles. The molecule has 2 heterocycles. The Morgan fingerprint density at radius 1 is 1.26 bits per heavy atom. The second-order valence-electron chi connectivity index (χ2n) is 6.65. The molecule has 0 saturated carbocycles. The van der Waals surface area contributed by atoms with Crippen LogP contribution in [0.2, 0.25) is 5.02 Å². The molecule has 1 aliphatic heterocycles. The maximum atomic E-state index is 13.0. The zero-order valence-corrected chi connectivity index (χ0v) is 16.0. The van der Waals surface area contributed by atoms with E-state index in [-0.39, 0.29) is 29.2 Å². The van der Waals surface area contributed by atoms with Gasteiger partial charge in [0.2, 0.25) is 11.8 Å². The Kier molecular flexibility index (Phi) is 4.61. The van der Waals surface area contributed by atoms with Crippen molar-refractivity contribution in [1.29, 1.82) is 0 Å². The lowest BCUT2D eigenvalue weighted by atomic mass is 9.78. The van der Waals surface area contributed by atoms with Crippen molar-refractivity contribution in [2.24, 2.45) is 17.8 Å². The van der Waals surface area contributed by atoms with Crippen molar-refractivity contribution in [1.82, 2.24) is 0 Å². The first-order valence-electron chi connectivity index (χ1n) is 8.57. The van der Waals surface area contributed by atoms with Crippen LogP contribution in [-0.2, 0) is 9.59 Å². The van der Waals surface area contributed by atoms with Crippen LogP contribution in [0, 0.1) is 17.8 Å². The van der Waals surface area contributed by atoms with Crippen LogP contribution in [0.4, 0.5) is 5.69 Å². The summed E-state index contributed by atoms with van der Waals surface area (Å²) in [4.78, 5) is 39.9. The number of anilines is 1. The average molecular weight is 402 g/mol. The Balaban J connectivity index is 1.71. The second kappa shape index (κ2) is 6.94. The monoisotopic (exact) mass is 401 g/mol. The summed E-state index contributed by atoms with van der Waals surface area (Å²) < 4.78 is 5.49. The molecular weight excluding hydrogens is 386 g/mol. The van der Waals surface area contributed by atoms with Crippen molar-refractivity contribution >= 4 is 46.4 Å². The van der Waals surface area contributed by atoms with Crippen LogP contribution < -0.4 is 9.64 Å². The van der Waals surface area contributed by atoms with Crippen LogP contribution in [0.3, 0.4) is 0 Å². The van der Waals surface area contributed by atoms with Gasteiger partial charge in [-0.2, -0.15) is 0 Å². The summed E-state index contributed by atoms with van der Waals surface area (Å²) in [5.41, 5.74) is 0.212. The number of allylic oxidation sites excluding steroid dienone is 2. The molecule has 1 aliphatic carbocycles. The van der Waals surface area contributed by atoms with Gasteiger partial charge in [0.1, 0.15) is 4.88 Å². The number of halogens is 1. The molecule has 1 aromatic heterocycles. The van der Waals surface area contributed by atoms with E-state index in [9.17, 15) is 14.4 Å². The molecule has 0 radical (unpaired) electrons. The molecule has 1 fully saturated rings. The lowest BCUT2D eigenvalue weighted by molar-refractivity contribution is -0.122. The van der Waals surface area contributed by atoms with Gasteiger partial charge in [-0.1, -0.05) is 36.7 Å². The minimum absolute atomic E-state index is 0.0264. The zero-order valence-electron chi connectivity index (χ0n) is 14.4. The Bertz CT molecular complexity index is 953. The number of hydrogen-bond acceptors (Lipinski definition) is 5. The minimum atomic E-state index is -0.542. The van der Waals surface area contributed by atoms with Gasteiger partial charge < -0.3 is 4.74 Å². The molecule has 0 bridgehead atoms. The van der Waals surface area contributed by atoms with E-state index in [0.717, 1.165) is 4.90 Å². The smallest absolute Gasteiger partial charge is 0.353 e. The topological polar surface area (TPSA) is 63.7 Å². The van der Waals surface area contributed by atoms with Crippen molar-refractivity contribution in [3.8, 4) is 5.75 Å². The minimum Gasteiger partial charge on any atom is -0.420 e. The van der Waals surface area contributed by atoms with Gasteiger partial charge in [-0.25, -0.2) is 9.69 Å². The zero-order chi connectivity index (χ0) is 19.1. The van der Waals surface area contributed by atoms with Gasteiger partial charge in [-0.3, -0.25) is 9.59 Å². The summed E-state index contributed by atoms with van der Waals surface area (Å²) in [7, 11) is 0. The Morgan fingerprint density at radius 3 is 2.78 bits per heavy atom. The van der Waals surface area contributed by atoms with Crippen LogP contribution in [0.25, 0.3) is 0 Å². The number of thiophene rings is 1. The highest BCUT2D eigenvalue weighted by Gasteiger charge is 2.51. The fourth-order valence-corrected chi connectivity index (χ4v) is 4.45. The molecule has 138 valence electrons. The number of carbonyl (C=O) groups is 3. The number of hydrogen-bond donors (Lipinski definition) is 0. The highest BCUT2D eigenvalue weighted by Crippen LogP contribution is 2.43. The van der Waals surface area contributed by atoms with Crippen molar-refractivity contribution in [3.63, 3.8) is 0 Å². The van der Waals surface area contributed by atoms with Crippen LogP contribution in [-0.4, -0.2) is 17.8 Å². The number of benzene rings is 1. The Morgan fingerprint density at radius 2 is 2.07 bits per heavy atom. The third-order valence-electron chi connectivity index (χ3n) is 4.96. The number of ether oxygens (including phenoxy) is 1. The van der Waals surface area contributed by atoms with Gasteiger partial charge in [0.25, 0.3) is 0 Å². The molecule has 0 N–H and O–H groups in total. The molecule has 3 atom stereocenters. The molecule has 1 aromatic carbocycles. The van der Waals surface area contributed by atoms with E-state index in [4.69, 9.17) is 16.3 Å². The first kappa shape index (κ1) is 17.9. The lowest BCUT2D eigenvalue weighted by Gasteiger charge is -2.22. The molecular formula is C20H16ClNO4S. The number of rotatable bonds is 3. The summed E-state index contributed by atoms with van der Waals surface area (Å²) in [6.45, 7) is 1.93. The van der Waals surface area contributed by atoms with E-state index in [0.29, 0.717) is 16.3 Å². The molecule has 27 heavy (non-hydrogen) atoms. The van der Waals surface area contributed by atoms with E-state index < -0.39 is 17.8 Å². The number of imide groups is 1. The SMILES string of the molecule is C[C@@H]1C=CC[C@@H]2C(=O)N(c3cc(Cl)ccc3OC(=O)c3cccs3)C(=O)[C@H]12. The number of esters is 1. The van der Waals surface area contributed by atoms with Gasteiger partial charge in [-0.15, -0.1) is 11.3 Å². The van der Waals surface area contributed by atoms with Crippen LogP contribution in [0.5, 0.6) is 5.75 Å². The summed E-state index contributed by atoms with van der Waals surface area (Å²) >= 11 is 7.36. The number of amides is 2. The largest absolute Gasteiger partial charge is 0.420 e. The average Bonchev–Trinajstić information content (AvgIpc) is 3.25. The summed E-state index contributed by atoms with van der Waals surface area (Å²) in [6.07, 6.45) is 4.43. The van der Waals surface area contributed by atoms with Crippen LogP contribution >= 0.6 is 22.9 Å². The fraction of sp³-hybridized carbons (Fsp3) is 0.250. The molecule has 4 rings (SSSR count). The first-order chi connectivity index (χ1) is 13.0. The van der Waals surface area contributed by atoms with Crippen molar-refractivity contribution in [3.05, 3.63) is 57.8 Å². The summed E-state index contributed by atoms with van der Waals surface area (Å²) in [5, 5.41) is 2.12. The lowest BCUT2D eigenvalue weighted by Crippen LogP contribution is -2.32. The number of carbonyl (C=O) groups excluding carboxylic acids is 3. The standard InChI is InChI=1S/C20H16ClNO4S/c1-11-4-2-5-13-17(11)19(24)22(18(13)23)14-10-12(21)7-8-15(14)26-20(25)16-6-3-9-27-16/h2-4,6-11,13,17H,5H2,1H3/t11-,13+,17-/m1/s1. The van der Waals surface area contributed by atoms with Crippen LogP contribution in [0.1, 0.15) is 23.0 Å². The van der Waals surface area contributed by atoms with Crippen molar-refractivity contribution in [2.45, 2.75) is 13.3 Å². The normalized spacial score (nSPS) is 24.2. The molecule has 2 aromatic rings. The van der Waals surface area contributed by atoms with E-state index in [1.54, 1.807) is 23.6 Å². The summed E-state index contributed by atoms with van der Waals surface area (Å²) in [5.74, 6) is -1.78. The molecule has 2 amide bonds. The Hall–Kier alpha value is -2.44. The predicted octanol–water partition coefficient (Wildman–Crippen LogP) is 4.32. The molecule has 2 aliphatic rings. The molecule has 0 spiro atoms. The Labute approximate surface area is 165 Å². The summed E-state index contributed by atoms with van der Waals surface area (Å²) in [6, 6.07) is 7.95. The maximum Gasteiger partial charge on any atom is 0.353 e. The van der Waals surface area contributed by atoms with Gasteiger partial charge in [0.15, 0.2) is 5.75 Å². The van der Waals surface area contributed by atoms with E-state index >= 15 is 0 Å². The van der Waals surface area contributed by atoms with Crippen LogP contribution in [0.15, 0.2) is 47.9 Å². The van der Waals surface area contributed by atoms with E-state index in [1.807, 2.05) is 19.1 Å². The highest BCUT2D eigenvalue weighted by molar-refractivity contribution is 7.12.